The number of hydrogen-bond acceptors (Lipinski definition) is 12. The van der Waals surface area contributed by atoms with Crippen LogP contribution in [0.3, 0.4) is 0 Å². The van der Waals surface area contributed by atoms with Gasteiger partial charge in [0.15, 0.2) is 0 Å². The molecule has 0 spiro atoms. The molecule has 3 fully saturated rings. The fourth-order valence-corrected chi connectivity index (χ4v) is 61.3. The molecular formula is C60H60O12Si12. The molecule has 4 aromatic rings. The lowest BCUT2D eigenvalue weighted by Gasteiger charge is -2.47. The van der Waals surface area contributed by atoms with Crippen molar-refractivity contribution in [1.82, 2.24) is 0 Å². The Labute approximate surface area is 510 Å². The normalized spacial score (nSPS) is 35.3. The fourth-order valence-electron chi connectivity index (χ4n) is 9.18. The molecule has 24 heteroatoms. The van der Waals surface area contributed by atoms with Crippen LogP contribution in [-0.4, -0.2) is 103 Å². The topological polar surface area (TPSA) is 111 Å². The van der Waals surface area contributed by atoms with E-state index in [1.54, 1.807) is 26.2 Å². The number of benzene rings is 4. The molecule has 0 amide bonds. The molecule has 3 heterocycles. The molecule has 3 aliphatic heterocycles. The van der Waals surface area contributed by atoms with Gasteiger partial charge >= 0.3 is 103 Å². The molecule has 3 saturated heterocycles. The van der Waals surface area contributed by atoms with Crippen molar-refractivity contribution in [3.05, 3.63) is 121 Å². The molecule has 6 unspecified atom stereocenters. The van der Waals surface area contributed by atoms with Gasteiger partial charge in [-0.25, -0.2) is 0 Å². The molecule has 0 saturated carbocycles. The van der Waals surface area contributed by atoms with E-state index in [4.69, 9.17) is 101 Å². The molecule has 4 aromatic carbocycles. The Bertz CT molecular complexity index is 3630. The highest BCUT2D eigenvalue weighted by Crippen LogP contribution is 2.37. The van der Waals surface area contributed by atoms with Crippen molar-refractivity contribution in [2.45, 2.75) is 78.1 Å². The van der Waals surface area contributed by atoms with Crippen LogP contribution >= 0.6 is 0 Å². The van der Waals surface area contributed by atoms with Crippen LogP contribution in [-0.2, 0) is 49.4 Å². The van der Waals surface area contributed by atoms with Gasteiger partial charge in [-0.3, -0.25) is 0 Å². The molecule has 12 nitrogen and oxygen atoms in total. The summed E-state index contributed by atoms with van der Waals surface area (Å²) in [6.07, 6.45) is 51.0. The van der Waals surface area contributed by atoms with Crippen molar-refractivity contribution in [2.24, 2.45) is 0 Å². The summed E-state index contributed by atoms with van der Waals surface area (Å²) < 4.78 is 84.4. The van der Waals surface area contributed by atoms with Gasteiger partial charge in [0.2, 0.25) is 0 Å². The van der Waals surface area contributed by atoms with E-state index in [9.17, 15) is 0 Å². The molecule has 0 radical (unpaired) electrons. The molecule has 3 aliphatic rings. The van der Waals surface area contributed by atoms with Crippen LogP contribution in [0.5, 0.6) is 0 Å². The van der Waals surface area contributed by atoms with Gasteiger partial charge in [0.25, 0.3) is 0 Å². The summed E-state index contributed by atoms with van der Waals surface area (Å²) in [6.45, 7) is 14.2. The van der Waals surface area contributed by atoms with Gasteiger partial charge in [-0.05, 0) is 74.0 Å². The van der Waals surface area contributed by atoms with E-state index < -0.39 is 103 Å². The summed E-state index contributed by atoms with van der Waals surface area (Å²) in [5.74, 6) is 12.2. The highest BCUT2D eigenvalue weighted by Gasteiger charge is 2.67. The second-order valence-corrected chi connectivity index (χ2v) is 56.3. The van der Waals surface area contributed by atoms with Crippen LogP contribution in [0.25, 0.3) is 0 Å². The molecule has 0 N–H and O–H groups in total. The summed E-state index contributed by atoms with van der Waals surface area (Å²) in [4.78, 5) is 0. The molecule has 420 valence electrons. The first-order chi connectivity index (χ1) is 40.0. The van der Waals surface area contributed by atoms with Crippen molar-refractivity contribution in [1.29, 1.82) is 0 Å². The minimum atomic E-state index is -4.46. The second-order valence-electron chi connectivity index (χ2n) is 19.5. The maximum Gasteiger partial charge on any atom is 0.443 e. The van der Waals surface area contributed by atoms with Gasteiger partial charge in [0, 0.05) is 20.7 Å². The van der Waals surface area contributed by atoms with Gasteiger partial charge < -0.3 is 49.4 Å². The zero-order valence-corrected chi connectivity index (χ0v) is 59.9. The number of hydrogen-bond donors (Lipinski definition) is 0. The Balaban J connectivity index is 1.38. The molecule has 0 bridgehead atoms. The van der Waals surface area contributed by atoms with E-state index in [0.717, 1.165) is 0 Å². The SMILES string of the molecule is C#C[Si]1(C)O[Si](C)(C#C)O[Si](C)(C#CC#C[Si]2(CC)O[Si](C#C)(CC)O[Si](C#CC#C[Si]3(c4ccccc4)O[Si](C#C)(c4ccccc4)O[Si](C#C)(c4ccccc4)O[Si](C#C)(c4ccccc4)O3)(CC)O[Si](C#C)(CC)O2)O[Si](C)(C#C)O1. The van der Waals surface area contributed by atoms with E-state index in [1.807, 2.05) is 149 Å². The minimum Gasteiger partial charge on any atom is -0.397 e. The fraction of sp³-hybridized carbons (Fsp3) is 0.200. The molecule has 84 heavy (non-hydrogen) atoms. The highest BCUT2D eigenvalue weighted by molar-refractivity contribution is 7.13. The highest BCUT2D eigenvalue weighted by atomic mass is 28.5. The molecular weight excluding hydrogens is 1250 g/mol. The zero-order valence-electron chi connectivity index (χ0n) is 47.9. The smallest absolute Gasteiger partial charge is 0.397 e. The van der Waals surface area contributed by atoms with Crippen LogP contribution in [0.15, 0.2) is 121 Å². The minimum absolute atomic E-state index is 0.231. The van der Waals surface area contributed by atoms with Gasteiger partial charge in [0.05, 0.1) is 0 Å². The predicted octanol–water partition coefficient (Wildman–Crippen LogP) is 5.31. The third-order valence-electron chi connectivity index (χ3n) is 13.4. The third kappa shape index (κ3) is 13.7. The maximum absolute atomic E-state index is 7.59. The lowest BCUT2D eigenvalue weighted by atomic mass is 10.4. The quantitative estimate of drug-likeness (QED) is 0.169. The summed E-state index contributed by atoms with van der Waals surface area (Å²) in [6, 6.07) is 37.8. The van der Waals surface area contributed by atoms with E-state index in [1.165, 1.54) is 0 Å². The van der Waals surface area contributed by atoms with Crippen LogP contribution in [0.2, 0.25) is 50.4 Å². The van der Waals surface area contributed by atoms with Crippen molar-refractivity contribution in [3.63, 3.8) is 0 Å². The monoisotopic (exact) mass is 1310 g/mol. The average molecular weight is 1310 g/mol. The van der Waals surface area contributed by atoms with Crippen LogP contribution in [0.1, 0.15) is 27.7 Å². The first kappa shape index (κ1) is 65.3. The summed E-state index contributed by atoms with van der Waals surface area (Å²) in [5, 5.41) is 2.22. The van der Waals surface area contributed by atoms with Crippen LogP contribution in [0, 0.1) is 142 Å². The van der Waals surface area contributed by atoms with Gasteiger partial charge in [-0.1, -0.05) is 216 Å². The summed E-state index contributed by atoms with van der Waals surface area (Å²) in [7, 11) is -46.6. The second kappa shape index (κ2) is 26.1. The van der Waals surface area contributed by atoms with Crippen LogP contribution < -0.4 is 20.7 Å². The zero-order chi connectivity index (χ0) is 61.1. The average Bonchev–Trinajstić information content (AvgIpc) is 1.02. The summed E-state index contributed by atoms with van der Waals surface area (Å²) >= 11 is 0. The van der Waals surface area contributed by atoms with Crippen molar-refractivity contribution >= 4 is 123 Å². The predicted molar refractivity (Wildman–Crippen MR) is 354 cm³/mol. The maximum atomic E-state index is 7.59. The first-order valence-electron chi connectivity index (χ1n) is 26.6. The first-order valence-corrected chi connectivity index (χ1v) is 51.2. The van der Waals surface area contributed by atoms with E-state index in [-0.39, 0.29) is 24.2 Å². The number of terminal acetylenes is 8. The van der Waals surface area contributed by atoms with Crippen molar-refractivity contribution < 1.29 is 49.4 Å². The lowest BCUT2D eigenvalue weighted by molar-refractivity contribution is 0.242. The molecule has 6 atom stereocenters. The molecule has 0 aliphatic carbocycles. The standard InChI is InChI=1S/C60H60O12Si12/c1-17-73(13)61-74(14,18-2)63-76(16,64-75(15,19-3)62-73)53-41-42-54-79(24-8)65-77(20-4,21-5)67-80(25-9,68-78(22-6,23-7)66-79)55-43-44-56-84(60-51-39-32-40-52-60)71-82(27-11,58-47-35-30-36-48-58)69-81(26-10,57-45-33-29-34-46-57)70-83(28-12,72-84)59-49-37-31-38-50-59/h1-4,6,10-12,29-40,45-52H,21,23-25H2,5,7-9,13-16H3. The molecule has 7 rings (SSSR count). The van der Waals surface area contributed by atoms with Gasteiger partial charge in [0.1, 0.15) is 0 Å². The number of rotatable bonds is 8. The Hall–Kier alpha value is -6.28. The van der Waals surface area contributed by atoms with E-state index in [0.29, 0.717) is 20.7 Å². The van der Waals surface area contributed by atoms with E-state index >= 15 is 0 Å². The lowest BCUT2D eigenvalue weighted by Crippen LogP contribution is -2.79. The van der Waals surface area contributed by atoms with Crippen molar-refractivity contribution in [3.8, 4) is 142 Å². The van der Waals surface area contributed by atoms with E-state index in [2.05, 4.69) is 90.2 Å². The van der Waals surface area contributed by atoms with Crippen molar-refractivity contribution in [2.75, 3.05) is 0 Å². The Kier molecular flexibility index (Phi) is 20.3. The Morgan fingerprint density at radius 3 is 0.774 bits per heavy atom. The Morgan fingerprint density at radius 2 is 0.512 bits per heavy atom. The van der Waals surface area contributed by atoms with Gasteiger partial charge in [-0.15, -0.1) is 51.4 Å². The van der Waals surface area contributed by atoms with Crippen LogP contribution in [0.4, 0.5) is 0 Å². The van der Waals surface area contributed by atoms with Gasteiger partial charge in [-0.2, -0.15) is 0 Å². The summed E-state index contributed by atoms with van der Waals surface area (Å²) in [5.41, 5.74) is 35.8. The third-order valence-corrected chi connectivity index (χ3v) is 59.4. The largest absolute Gasteiger partial charge is 0.443 e. The molecule has 0 aromatic heterocycles. The Morgan fingerprint density at radius 1 is 0.262 bits per heavy atom.